The van der Waals surface area contributed by atoms with E-state index in [4.69, 9.17) is 5.11 Å². The van der Waals surface area contributed by atoms with Gasteiger partial charge in [0, 0.05) is 38.8 Å². The van der Waals surface area contributed by atoms with Crippen LogP contribution in [-0.4, -0.2) is 71.0 Å². The first-order valence-electron chi connectivity index (χ1n) is 21.7. The van der Waals surface area contributed by atoms with Crippen LogP contribution in [0.5, 0.6) is 0 Å². The molecule has 0 saturated carbocycles. The molecular weight excluding hydrogens is 688 g/mol. The van der Waals surface area contributed by atoms with Crippen LogP contribution in [-0.2, 0) is 28.8 Å². The predicted molar refractivity (Wildman–Crippen MR) is 215 cm³/mol. The molecule has 0 spiro atoms. The molecule has 0 rings (SSSR count). The number of carbonyl (C=O) groups is 6. The smallest absolute Gasteiger partial charge is 0.326 e. The SMILES string of the molecule is CCCCCCCCCCCC(=O)NC(CCC(=O)NCCCCCCCCNC(=O)C(CCC(=O)O)NC(=O)CCCCCCCCCCC)C(=O)O. The van der Waals surface area contributed by atoms with E-state index in [1.165, 1.54) is 77.0 Å². The maximum atomic E-state index is 12.7. The molecule has 12 nitrogen and oxygen atoms in total. The van der Waals surface area contributed by atoms with Gasteiger partial charge in [-0.05, 0) is 38.5 Å². The molecule has 314 valence electrons. The molecule has 4 amide bonds. The number of carbonyl (C=O) groups excluding carboxylic acids is 4. The number of carboxylic acid groups (broad SMARTS) is 2. The second kappa shape index (κ2) is 36.8. The molecule has 0 aliphatic carbocycles. The van der Waals surface area contributed by atoms with Crippen LogP contribution in [0.4, 0.5) is 0 Å². The second-order valence-electron chi connectivity index (χ2n) is 15.0. The van der Waals surface area contributed by atoms with Crippen molar-refractivity contribution in [2.45, 2.75) is 219 Å². The Morgan fingerprint density at radius 1 is 0.407 bits per heavy atom. The van der Waals surface area contributed by atoms with Crippen molar-refractivity contribution in [3.05, 3.63) is 0 Å². The standard InChI is InChI=1S/C42H78N4O8/c1-3-5-7-9-11-13-15-19-23-27-38(48)45-35(30-32-40(50)51)41(52)44-34-26-22-18-17-21-25-33-43-37(47)31-29-36(42(53)54)46-39(49)28-24-20-16-14-12-10-8-6-4-2/h35-36H,3-34H2,1-2H3,(H,43,47)(H,44,52)(H,45,48)(H,46,49)(H,50,51)(H,53,54). The monoisotopic (exact) mass is 767 g/mol. The Hall–Kier alpha value is -3.18. The average Bonchev–Trinajstić information content (AvgIpc) is 3.14. The summed E-state index contributed by atoms with van der Waals surface area (Å²) in [6.07, 6.45) is 26.4. The highest BCUT2D eigenvalue weighted by Crippen LogP contribution is 2.12. The minimum absolute atomic E-state index is 0.0289. The van der Waals surface area contributed by atoms with Gasteiger partial charge in [-0.25, -0.2) is 4.79 Å². The van der Waals surface area contributed by atoms with Gasteiger partial charge in [-0.1, -0.05) is 142 Å². The molecule has 6 N–H and O–H groups in total. The van der Waals surface area contributed by atoms with Gasteiger partial charge in [0.1, 0.15) is 12.1 Å². The molecule has 0 heterocycles. The molecule has 0 aliphatic rings. The zero-order valence-corrected chi connectivity index (χ0v) is 34.1. The molecule has 2 atom stereocenters. The molecule has 0 aromatic heterocycles. The van der Waals surface area contributed by atoms with Crippen molar-refractivity contribution < 1.29 is 39.0 Å². The maximum absolute atomic E-state index is 12.7. The molecule has 0 aliphatic heterocycles. The minimum atomic E-state index is -1.13. The van der Waals surface area contributed by atoms with Crippen LogP contribution in [0.25, 0.3) is 0 Å². The number of nitrogens with one attached hydrogen (secondary N) is 4. The van der Waals surface area contributed by atoms with E-state index in [-0.39, 0.29) is 49.3 Å². The van der Waals surface area contributed by atoms with Crippen LogP contribution < -0.4 is 21.3 Å². The summed E-state index contributed by atoms with van der Waals surface area (Å²) < 4.78 is 0. The number of rotatable bonds is 39. The van der Waals surface area contributed by atoms with E-state index < -0.39 is 24.0 Å². The lowest BCUT2D eigenvalue weighted by Crippen LogP contribution is -2.47. The molecule has 0 bridgehead atoms. The Morgan fingerprint density at radius 2 is 0.778 bits per heavy atom. The van der Waals surface area contributed by atoms with Gasteiger partial charge in [0.25, 0.3) is 0 Å². The van der Waals surface area contributed by atoms with Crippen molar-refractivity contribution in [2.75, 3.05) is 13.1 Å². The molecule has 0 saturated heterocycles. The fraction of sp³-hybridized carbons (Fsp3) is 0.857. The summed E-state index contributed by atoms with van der Waals surface area (Å²) >= 11 is 0. The van der Waals surface area contributed by atoms with E-state index in [2.05, 4.69) is 35.1 Å². The number of amides is 4. The first-order valence-corrected chi connectivity index (χ1v) is 21.7. The van der Waals surface area contributed by atoms with Crippen molar-refractivity contribution in [1.29, 1.82) is 0 Å². The van der Waals surface area contributed by atoms with Crippen LogP contribution in [0.3, 0.4) is 0 Å². The van der Waals surface area contributed by atoms with Gasteiger partial charge in [0.15, 0.2) is 0 Å². The maximum Gasteiger partial charge on any atom is 0.326 e. The molecule has 2 unspecified atom stereocenters. The Kier molecular flexibility index (Phi) is 34.6. The van der Waals surface area contributed by atoms with Gasteiger partial charge < -0.3 is 31.5 Å². The largest absolute Gasteiger partial charge is 0.481 e. The highest BCUT2D eigenvalue weighted by atomic mass is 16.4. The van der Waals surface area contributed by atoms with Crippen molar-refractivity contribution in [3.63, 3.8) is 0 Å². The third-order valence-electron chi connectivity index (χ3n) is 9.83. The summed E-state index contributed by atoms with van der Waals surface area (Å²) in [7, 11) is 0. The number of aliphatic carboxylic acids is 2. The third-order valence-corrected chi connectivity index (χ3v) is 9.83. The van der Waals surface area contributed by atoms with Crippen LogP contribution >= 0.6 is 0 Å². The van der Waals surface area contributed by atoms with Crippen LogP contribution in [0.1, 0.15) is 206 Å². The molecule has 12 heteroatoms. The number of unbranched alkanes of at least 4 members (excludes halogenated alkanes) is 21. The topological polar surface area (TPSA) is 191 Å². The number of hydrogen-bond donors (Lipinski definition) is 6. The van der Waals surface area contributed by atoms with Crippen LogP contribution in [0, 0.1) is 0 Å². The van der Waals surface area contributed by atoms with Gasteiger partial charge in [-0.15, -0.1) is 0 Å². The lowest BCUT2D eigenvalue weighted by atomic mass is 10.1. The van der Waals surface area contributed by atoms with Gasteiger partial charge in [0.2, 0.25) is 23.6 Å². The van der Waals surface area contributed by atoms with E-state index in [1.807, 2.05) is 0 Å². The highest BCUT2D eigenvalue weighted by Gasteiger charge is 2.22. The summed E-state index contributed by atoms with van der Waals surface area (Å²) in [5.41, 5.74) is 0. The normalized spacial score (nSPS) is 12.1. The van der Waals surface area contributed by atoms with Crippen LogP contribution in [0.15, 0.2) is 0 Å². The van der Waals surface area contributed by atoms with Crippen molar-refractivity contribution in [2.24, 2.45) is 0 Å². The summed E-state index contributed by atoms with van der Waals surface area (Å²) in [6, 6.07) is -1.93. The Labute approximate surface area is 326 Å². The number of hydrogen-bond acceptors (Lipinski definition) is 6. The first kappa shape index (κ1) is 50.8. The highest BCUT2D eigenvalue weighted by molar-refractivity contribution is 5.88. The zero-order valence-electron chi connectivity index (χ0n) is 34.1. The second-order valence-corrected chi connectivity index (χ2v) is 15.0. The van der Waals surface area contributed by atoms with Gasteiger partial charge in [-0.3, -0.25) is 24.0 Å². The quantitative estimate of drug-likeness (QED) is 0.0338. The lowest BCUT2D eigenvalue weighted by Gasteiger charge is -2.18. The Morgan fingerprint density at radius 3 is 1.20 bits per heavy atom. The zero-order chi connectivity index (χ0) is 40.1. The van der Waals surface area contributed by atoms with E-state index in [9.17, 15) is 33.9 Å². The lowest BCUT2D eigenvalue weighted by molar-refractivity contribution is -0.142. The minimum Gasteiger partial charge on any atom is -0.481 e. The van der Waals surface area contributed by atoms with E-state index >= 15 is 0 Å². The Balaban J connectivity index is 4.04. The molecule has 0 aromatic rings. The summed E-state index contributed by atoms with van der Waals surface area (Å²) in [4.78, 5) is 72.5. The first-order chi connectivity index (χ1) is 26.1. The summed E-state index contributed by atoms with van der Waals surface area (Å²) in [5.74, 6) is -3.21. The molecule has 0 fully saturated rings. The van der Waals surface area contributed by atoms with Crippen molar-refractivity contribution in [3.8, 4) is 0 Å². The fourth-order valence-electron chi connectivity index (χ4n) is 6.40. The van der Waals surface area contributed by atoms with Crippen LogP contribution in [0.2, 0.25) is 0 Å². The molecule has 0 radical (unpaired) electrons. The van der Waals surface area contributed by atoms with Crippen molar-refractivity contribution >= 4 is 35.6 Å². The van der Waals surface area contributed by atoms with E-state index in [1.54, 1.807) is 0 Å². The van der Waals surface area contributed by atoms with Gasteiger partial charge >= 0.3 is 11.9 Å². The van der Waals surface area contributed by atoms with Crippen molar-refractivity contribution in [1.82, 2.24) is 21.3 Å². The third kappa shape index (κ3) is 33.4. The molecule has 0 aromatic carbocycles. The summed E-state index contributed by atoms with van der Waals surface area (Å²) in [6.45, 7) is 5.35. The summed E-state index contributed by atoms with van der Waals surface area (Å²) in [5, 5.41) is 29.6. The molecule has 54 heavy (non-hydrogen) atoms. The van der Waals surface area contributed by atoms with E-state index in [0.29, 0.717) is 25.9 Å². The van der Waals surface area contributed by atoms with Gasteiger partial charge in [0.05, 0.1) is 0 Å². The molecular formula is C42H78N4O8. The average molecular weight is 767 g/mol. The predicted octanol–water partition coefficient (Wildman–Crippen LogP) is 8.10. The fourth-order valence-corrected chi connectivity index (χ4v) is 6.40. The Bertz CT molecular complexity index is 1010. The van der Waals surface area contributed by atoms with Gasteiger partial charge in [-0.2, -0.15) is 0 Å². The number of carboxylic acids is 2. The van der Waals surface area contributed by atoms with E-state index in [0.717, 1.165) is 77.0 Å².